The molecule has 0 fully saturated rings. The summed E-state index contributed by atoms with van der Waals surface area (Å²) in [6.45, 7) is 12.6. The van der Waals surface area contributed by atoms with Crippen molar-refractivity contribution in [3.05, 3.63) is 93.3 Å². The maximum absolute atomic E-state index is 14.3. The van der Waals surface area contributed by atoms with E-state index in [4.69, 9.17) is 9.72 Å². The Kier molecular flexibility index (Phi) is 5.22. The van der Waals surface area contributed by atoms with E-state index in [-0.39, 0.29) is 16.4 Å². The monoisotopic (exact) mass is 557 g/mol. The van der Waals surface area contributed by atoms with Crippen LogP contribution in [-0.2, 0) is 10.8 Å². The van der Waals surface area contributed by atoms with Gasteiger partial charge in [0.2, 0.25) is 0 Å². The lowest BCUT2D eigenvalue weighted by molar-refractivity contribution is 0.0893. The number of anilines is 1. The van der Waals surface area contributed by atoms with Crippen molar-refractivity contribution in [3.8, 4) is 5.75 Å². The third kappa shape index (κ3) is 3.46. The molecule has 4 aromatic carbocycles. The zero-order chi connectivity index (χ0) is 29.9. The van der Waals surface area contributed by atoms with Crippen molar-refractivity contribution in [1.82, 2.24) is 9.38 Å². The number of carbonyl (C=O) groups excluding carboxylic acids is 2. The summed E-state index contributed by atoms with van der Waals surface area (Å²) in [5.74, 6) is -0.158. The Hall–Kier alpha value is -4.78. The van der Waals surface area contributed by atoms with Crippen LogP contribution in [0.5, 0.6) is 5.75 Å². The molecule has 6 aromatic rings. The molecule has 2 aromatic heterocycles. The van der Waals surface area contributed by atoms with Crippen LogP contribution in [0, 0.1) is 0 Å². The molecule has 0 unspecified atom stereocenters. The van der Waals surface area contributed by atoms with Crippen molar-refractivity contribution in [1.29, 1.82) is 0 Å². The number of hydrogen-bond donors (Lipinski definition) is 0. The molecule has 0 bridgehead atoms. The third-order valence-electron chi connectivity index (χ3n) is 8.48. The molecule has 42 heavy (non-hydrogen) atoms. The molecule has 7 rings (SSSR count). The molecule has 0 N–H and O–H groups in total. The SMILES string of the molecule is COc1ccc2c(c1)nc1c3ccc4c5c(ccc(c(=O)n21)c53)C(=O)N(c1cc(C(C)(C)C)ccc1C(C)(C)C)C4=O. The first kappa shape index (κ1) is 26.1. The summed E-state index contributed by atoms with van der Waals surface area (Å²) in [7, 11) is 1.58. The first-order valence-electron chi connectivity index (χ1n) is 14.1. The summed E-state index contributed by atoms with van der Waals surface area (Å²) in [6.07, 6.45) is 0. The number of aromatic nitrogens is 2. The van der Waals surface area contributed by atoms with E-state index in [9.17, 15) is 14.4 Å². The molecule has 210 valence electrons. The van der Waals surface area contributed by atoms with E-state index in [2.05, 4.69) is 47.6 Å². The second kappa shape index (κ2) is 8.38. The largest absolute Gasteiger partial charge is 0.497 e. The lowest BCUT2D eigenvalue weighted by Crippen LogP contribution is -2.42. The topological polar surface area (TPSA) is 81.0 Å². The van der Waals surface area contributed by atoms with Gasteiger partial charge in [0.15, 0.2) is 0 Å². The molecule has 7 heteroatoms. The molecular weight excluding hydrogens is 526 g/mol. The molecule has 0 spiro atoms. The van der Waals surface area contributed by atoms with Crippen LogP contribution >= 0.6 is 0 Å². The fourth-order valence-corrected chi connectivity index (χ4v) is 6.28. The second-order valence-electron chi connectivity index (χ2n) is 13.2. The maximum Gasteiger partial charge on any atom is 0.265 e. The van der Waals surface area contributed by atoms with E-state index in [1.54, 1.807) is 41.8 Å². The van der Waals surface area contributed by atoms with Gasteiger partial charge in [-0.2, -0.15) is 0 Å². The molecule has 1 aliphatic heterocycles. The Labute approximate surface area is 242 Å². The highest BCUT2D eigenvalue weighted by atomic mass is 16.5. The van der Waals surface area contributed by atoms with Crippen molar-refractivity contribution in [3.63, 3.8) is 0 Å². The number of amides is 2. The van der Waals surface area contributed by atoms with Crippen LogP contribution in [0.2, 0.25) is 0 Å². The number of hydrogen-bond acceptors (Lipinski definition) is 5. The third-order valence-corrected chi connectivity index (χ3v) is 8.48. The van der Waals surface area contributed by atoms with Crippen LogP contribution in [0.25, 0.3) is 38.2 Å². The summed E-state index contributed by atoms with van der Waals surface area (Å²) in [4.78, 5) is 48.6. The van der Waals surface area contributed by atoms with Gasteiger partial charge in [0, 0.05) is 38.7 Å². The molecule has 2 amide bonds. The summed E-state index contributed by atoms with van der Waals surface area (Å²) in [5, 5.41) is 2.24. The first-order valence-corrected chi connectivity index (χ1v) is 14.1. The highest BCUT2D eigenvalue weighted by Gasteiger charge is 2.38. The Bertz CT molecular complexity index is 2190. The van der Waals surface area contributed by atoms with E-state index in [0.717, 1.165) is 11.1 Å². The van der Waals surface area contributed by atoms with Gasteiger partial charge < -0.3 is 4.74 Å². The average Bonchev–Trinajstić information content (AvgIpc) is 3.33. The molecule has 0 saturated heterocycles. The fourth-order valence-electron chi connectivity index (χ4n) is 6.28. The predicted octanol–water partition coefficient (Wildman–Crippen LogP) is 7.00. The van der Waals surface area contributed by atoms with Crippen LogP contribution in [0.15, 0.2) is 65.5 Å². The van der Waals surface area contributed by atoms with Crippen molar-refractivity contribution in [2.24, 2.45) is 0 Å². The summed E-state index contributed by atoms with van der Waals surface area (Å²) in [5.41, 5.74) is 4.36. The molecular formula is C35H31N3O4. The number of rotatable bonds is 2. The van der Waals surface area contributed by atoms with E-state index < -0.39 is 11.8 Å². The second-order valence-corrected chi connectivity index (χ2v) is 13.2. The van der Waals surface area contributed by atoms with Crippen molar-refractivity contribution < 1.29 is 14.3 Å². The Balaban J connectivity index is 1.52. The number of carbonyl (C=O) groups is 2. The van der Waals surface area contributed by atoms with E-state index >= 15 is 0 Å². The standard InChI is InChI=1S/C35H31N3O4/c1-34(2,3)18-8-14-24(35(4,5)6)27(16-18)38-32(40)22-11-10-20-28-21(12-13-23(29(22)28)33(38)41)31(39)37-26-15-9-19(42-7)17-25(26)36-30(20)37/h8-17H,1-7H3. The average molecular weight is 558 g/mol. The van der Waals surface area contributed by atoms with Gasteiger partial charge in [-0.05, 0) is 64.4 Å². The Morgan fingerprint density at radius 2 is 1.38 bits per heavy atom. The van der Waals surface area contributed by atoms with Crippen molar-refractivity contribution in [2.75, 3.05) is 12.0 Å². The van der Waals surface area contributed by atoms with Gasteiger partial charge in [-0.1, -0.05) is 53.7 Å². The summed E-state index contributed by atoms with van der Waals surface area (Å²) < 4.78 is 6.96. The molecule has 3 heterocycles. The minimum atomic E-state index is -0.399. The van der Waals surface area contributed by atoms with Gasteiger partial charge in [0.1, 0.15) is 11.4 Å². The number of nitrogens with zero attached hydrogens (tertiary/aromatic N) is 3. The number of ether oxygens (including phenoxy) is 1. The van der Waals surface area contributed by atoms with Crippen LogP contribution in [0.4, 0.5) is 5.69 Å². The van der Waals surface area contributed by atoms with E-state index in [1.165, 1.54) is 4.90 Å². The highest BCUT2D eigenvalue weighted by molar-refractivity contribution is 6.39. The molecule has 1 aliphatic rings. The zero-order valence-electron chi connectivity index (χ0n) is 24.7. The molecule has 0 radical (unpaired) electrons. The van der Waals surface area contributed by atoms with Crippen LogP contribution < -0.4 is 15.2 Å². The minimum Gasteiger partial charge on any atom is -0.497 e. The lowest BCUT2D eigenvalue weighted by Gasteiger charge is -2.34. The van der Waals surface area contributed by atoms with Crippen molar-refractivity contribution >= 4 is 55.7 Å². The number of imide groups is 1. The van der Waals surface area contributed by atoms with Gasteiger partial charge in [-0.15, -0.1) is 0 Å². The fraction of sp³-hybridized carbons (Fsp3) is 0.257. The molecule has 0 saturated carbocycles. The molecule has 0 atom stereocenters. The van der Waals surface area contributed by atoms with Gasteiger partial charge in [-0.3, -0.25) is 18.8 Å². The number of pyridine rings is 1. The molecule has 7 nitrogen and oxygen atoms in total. The zero-order valence-corrected chi connectivity index (χ0v) is 24.7. The van der Waals surface area contributed by atoms with Crippen LogP contribution in [0.3, 0.4) is 0 Å². The summed E-state index contributed by atoms with van der Waals surface area (Å²) >= 11 is 0. The van der Waals surface area contributed by atoms with Crippen LogP contribution in [-0.4, -0.2) is 28.3 Å². The van der Waals surface area contributed by atoms with Gasteiger partial charge in [0.05, 0.1) is 23.8 Å². The van der Waals surface area contributed by atoms with Gasteiger partial charge in [-0.25, -0.2) is 9.88 Å². The van der Waals surface area contributed by atoms with Gasteiger partial charge >= 0.3 is 0 Å². The normalized spacial score (nSPS) is 14.2. The minimum absolute atomic E-state index is 0.179. The first-order chi connectivity index (χ1) is 19.8. The lowest BCUT2D eigenvalue weighted by atomic mass is 9.80. The number of fused-ring (bicyclic) bond motifs is 4. The number of imidazole rings is 1. The Morgan fingerprint density at radius 1 is 0.714 bits per heavy atom. The van der Waals surface area contributed by atoms with E-state index in [1.807, 2.05) is 24.3 Å². The Morgan fingerprint density at radius 3 is 2.00 bits per heavy atom. The van der Waals surface area contributed by atoms with E-state index in [0.29, 0.717) is 60.8 Å². The molecule has 0 aliphatic carbocycles. The quantitative estimate of drug-likeness (QED) is 0.214. The van der Waals surface area contributed by atoms with Gasteiger partial charge in [0.25, 0.3) is 17.4 Å². The smallest absolute Gasteiger partial charge is 0.265 e. The predicted molar refractivity (Wildman–Crippen MR) is 167 cm³/mol. The number of methoxy groups -OCH3 is 1. The van der Waals surface area contributed by atoms with Crippen molar-refractivity contribution in [2.45, 2.75) is 52.4 Å². The number of benzene rings is 4. The maximum atomic E-state index is 14.3. The van der Waals surface area contributed by atoms with Crippen LogP contribution in [0.1, 0.15) is 73.4 Å². The highest BCUT2D eigenvalue weighted by Crippen LogP contribution is 2.42. The summed E-state index contributed by atoms with van der Waals surface area (Å²) in [6, 6.07) is 18.5.